The molecule has 0 fully saturated rings. The van der Waals surface area contributed by atoms with Crippen molar-refractivity contribution in [1.82, 2.24) is 4.98 Å². The molecule has 0 aliphatic carbocycles. The molecule has 2 N–H and O–H groups in total. The van der Waals surface area contributed by atoms with Crippen LogP contribution in [0.4, 0.5) is 5.13 Å². The number of anilines is 1. The van der Waals surface area contributed by atoms with E-state index in [4.69, 9.17) is 9.94 Å². The van der Waals surface area contributed by atoms with Crippen molar-refractivity contribution >= 4 is 32.2 Å². The number of rotatable bonds is 5. The molecular weight excluding hydrogens is 314 g/mol. The van der Waals surface area contributed by atoms with Crippen LogP contribution in [0.25, 0.3) is 0 Å². The molecule has 0 radical (unpaired) electrons. The first-order valence-corrected chi connectivity index (χ1v) is 8.14. The predicted molar refractivity (Wildman–Crippen MR) is 79.9 cm³/mol. The fourth-order valence-corrected chi connectivity index (χ4v) is 3.47. The van der Waals surface area contributed by atoms with E-state index in [1.165, 1.54) is 19.2 Å². The summed E-state index contributed by atoms with van der Waals surface area (Å²) in [5.74, 6) is 0.570. The first kappa shape index (κ1) is 15.3. The molecule has 112 valence electrons. The van der Waals surface area contributed by atoms with Crippen molar-refractivity contribution in [2.75, 3.05) is 11.8 Å². The maximum Gasteiger partial charge on any atom is 0.263 e. The second-order valence-corrected chi connectivity index (χ2v) is 6.54. The van der Waals surface area contributed by atoms with Gasteiger partial charge >= 0.3 is 0 Å². The van der Waals surface area contributed by atoms with E-state index in [1.807, 2.05) is 0 Å². The molecule has 0 saturated carbocycles. The van der Waals surface area contributed by atoms with Gasteiger partial charge in [-0.25, -0.2) is 13.4 Å². The Labute approximate surface area is 126 Å². The summed E-state index contributed by atoms with van der Waals surface area (Å²) >= 11 is 1.10. The molecule has 21 heavy (non-hydrogen) atoms. The van der Waals surface area contributed by atoms with E-state index < -0.39 is 10.0 Å². The highest BCUT2D eigenvalue weighted by Gasteiger charge is 2.16. The van der Waals surface area contributed by atoms with Crippen LogP contribution in [0.2, 0.25) is 0 Å². The van der Waals surface area contributed by atoms with Crippen LogP contribution in [0, 0.1) is 0 Å². The Balaban J connectivity index is 2.22. The first-order valence-electron chi connectivity index (χ1n) is 5.77. The zero-order chi connectivity index (χ0) is 15.5. The molecule has 1 aromatic carbocycles. The highest BCUT2D eigenvalue weighted by molar-refractivity contribution is 7.93. The normalized spacial score (nSPS) is 12.2. The summed E-state index contributed by atoms with van der Waals surface area (Å²) < 4.78 is 31.7. The van der Waals surface area contributed by atoms with Crippen LogP contribution in [0.15, 0.2) is 39.7 Å². The third kappa shape index (κ3) is 3.50. The van der Waals surface area contributed by atoms with Crippen LogP contribution in [-0.4, -0.2) is 31.4 Å². The van der Waals surface area contributed by atoms with Gasteiger partial charge in [0.15, 0.2) is 5.13 Å². The van der Waals surface area contributed by atoms with Gasteiger partial charge in [0.1, 0.15) is 17.2 Å². The second kappa shape index (κ2) is 6.10. The van der Waals surface area contributed by atoms with E-state index in [0.29, 0.717) is 17.2 Å². The van der Waals surface area contributed by atoms with Crippen LogP contribution in [-0.2, 0) is 10.0 Å². The zero-order valence-corrected chi connectivity index (χ0v) is 12.9. The van der Waals surface area contributed by atoms with Gasteiger partial charge in [0.05, 0.1) is 12.0 Å². The van der Waals surface area contributed by atoms with Crippen molar-refractivity contribution < 1.29 is 18.4 Å². The first-order chi connectivity index (χ1) is 9.96. The minimum atomic E-state index is -3.72. The van der Waals surface area contributed by atoms with Gasteiger partial charge < -0.3 is 9.94 Å². The molecule has 0 amide bonds. The molecule has 0 spiro atoms. The lowest BCUT2D eigenvalue weighted by Gasteiger charge is -2.06. The lowest BCUT2D eigenvalue weighted by Crippen LogP contribution is -2.13. The van der Waals surface area contributed by atoms with Crippen LogP contribution >= 0.6 is 11.3 Å². The Morgan fingerprint density at radius 2 is 2.05 bits per heavy atom. The molecular formula is C12H13N3O4S2. The Morgan fingerprint density at radius 1 is 1.38 bits per heavy atom. The Kier molecular flexibility index (Phi) is 4.43. The number of hydrogen-bond acceptors (Lipinski definition) is 7. The van der Waals surface area contributed by atoms with Gasteiger partial charge in [-0.1, -0.05) is 5.16 Å². The van der Waals surface area contributed by atoms with Crippen LogP contribution in [0.3, 0.4) is 0 Å². The molecule has 0 aliphatic rings. The van der Waals surface area contributed by atoms with Crippen molar-refractivity contribution in [1.29, 1.82) is 0 Å². The second-order valence-electron chi connectivity index (χ2n) is 4.00. The number of methoxy groups -OCH3 is 1. The van der Waals surface area contributed by atoms with Crippen LogP contribution < -0.4 is 9.46 Å². The van der Waals surface area contributed by atoms with Crippen LogP contribution in [0.5, 0.6) is 5.75 Å². The summed E-state index contributed by atoms with van der Waals surface area (Å²) in [6.45, 7) is 1.57. The maximum atomic E-state index is 12.2. The Bertz CT molecular complexity index is 751. The molecule has 0 unspecified atom stereocenters. The fraction of sp³-hybridized carbons (Fsp3) is 0.167. The Hall–Kier alpha value is -2.13. The van der Waals surface area contributed by atoms with Crippen molar-refractivity contribution in [3.05, 3.63) is 35.3 Å². The van der Waals surface area contributed by atoms with Gasteiger partial charge in [0, 0.05) is 5.38 Å². The monoisotopic (exact) mass is 327 g/mol. The minimum Gasteiger partial charge on any atom is -0.497 e. The standard InChI is InChI=1S/C12H13N3O4S2/c1-8(14-16)11-7-20-12(13-11)15-21(17,18)10-5-3-9(19-2)4-6-10/h3-7,16H,1-2H3,(H,13,15). The lowest BCUT2D eigenvalue weighted by molar-refractivity contribution is 0.319. The number of nitrogens with zero attached hydrogens (tertiary/aromatic N) is 2. The summed E-state index contributed by atoms with van der Waals surface area (Å²) in [6, 6.07) is 6.00. The minimum absolute atomic E-state index is 0.104. The average Bonchev–Trinajstić information content (AvgIpc) is 2.94. The Morgan fingerprint density at radius 3 is 2.62 bits per heavy atom. The van der Waals surface area contributed by atoms with Crippen molar-refractivity contribution in [3.63, 3.8) is 0 Å². The number of benzene rings is 1. The molecule has 2 rings (SSSR count). The summed E-state index contributed by atoms with van der Waals surface area (Å²) in [5, 5.41) is 13.5. The average molecular weight is 327 g/mol. The molecule has 0 aliphatic heterocycles. The van der Waals surface area contributed by atoms with E-state index in [9.17, 15) is 8.42 Å². The molecule has 1 aromatic heterocycles. The summed E-state index contributed by atoms with van der Waals surface area (Å²) in [7, 11) is -2.21. The van der Waals surface area contributed by atoms with Crippen molar-refractivity contribution in [3.8, 4) is 5.75 Å². The van der Waals surface area contributed by atoms with Gasteiger partial charge in [-0.15, -0.1) is 11.3 Å². The van der Waals surface area contributed by atoms with E-state index in [0.717, 1.165) is 11.3 Å². The number of oxime groups is 1. The van der Waals surface area contributed by atoms with Crippen LogP contribution in [0.1, 0.15) is 12.6 Å². The topological polar surface area (TPSA) is 101 Å². The summed E-state index contributed by atoms with van der Waals surface area (Å²) in [6.07, 6.45) is 0. The molecule has 7 nitrogen and oxygen atoms in total. The summed E-state index contributed by atoms with van der Waals surface area (Å²) in [5.41, 5.74) is 0.719. The smallest absolute Gasteiger partial charge is 0.263 e. The van der Waals surface area contributed by atoms with Crippen molar-refractivity contribution in [2.24, 2.45) is 5.16 Å². The number of thiazole rings is 1. The number of hydrogen-bond donors (Lipinski definition) is 2. The zero-order valence-electron chi connectivity index (χ0n) is 11.3. The van der Waals surface area contributed by atoms with Crippen molar-refractivity contribution in [2.45, 2.75) is 11.8 Å². The summed E-state index contributed by atoms with van der Waals surface area (Å²) in [4.78, 5) is 4.14. The maximum absolute atomic E-state index is 12.2. The SMILES string of the molecule is COc1ccc(S(=O)(=O)Nc2nc(C(C)=NO)cs2)cc1. The quantitative estimate of drug-likeness (QED) is 0.498. The van der Waals surface area contributed by atoms with E-state index in [-0.39, 0.29) is 10.0 Å². The van der Waals surface area contributed by atoms with Gasteiger partial charge in [-0.3, -0.25) is 4.72 Å². The third-order valence-corrected chi connectivity index (χ3v) is 4.86. The predicted octanol–water partition coefficient (Wildman–Crippen LogP) is 2.15. The number of nitrogens with one attached hydrogen (secondary N) is 1. The number of sulfonamides is 1. The fourth-order valence-electron chi connectivity index (χ4n) is 1.47. The van der Waals surface area contributed by atoms with Gasteiger partial charge in [0.25, 0.3) is 10.0 Å². The largest absolute Gasteiger partial charge is 0.497 e. The van der Waals surface area contributed by atoms with Gasteiger partial charge in [-0.05, 0) is 31.2 Å². The molecule has 9 heteroatoms. The third-order valence-electron chi connectivity index (χ3n) is 2.62. The molecule has 0 saturated heterocycles. The molecule has 0 atom stereocenters. The van der Waals surface area contributed by atoms with Gasteiger partial charge in [0.2, 0.25) is 0 Å². The highest BCUT2D eigenvalue weighted by Crippen LogP contribution is 2.22. The number of aromatic nitrogens is 1. The van der Waals surface area contributed by atoms with E-state index in [1.54, 1.807) is 24.4 Å². The van der Waals surface area contributed by atoms with E-state index in [2.05, 4.69) is 14.9 Å². The highest BCUT2D eigenvalue weighted by atomic mass is 32.2. The lowest BCUT2D eigenvalue weighted by atomic mass is 10.3. The van der Waals surface area contributed by atoms with E-state index >= 15 is 0 Å². The molecule has 1 heterocycles. The molecule has 2 aromatic rings. The number of ether oxygens (including phenoxy) is 1. The molecule has 0 bridgehead atoms. The van der Waals surface area contributed by atoms with Gasteiger partial charge in [-0.2, -0.15) is 0 Å².